The van der Waals surface area contributed by atoms with Gasteiger partial charge in [-0.05, 0) is 38.5 Å². The number of rotatable bonds is 8. The van der Waals surface area contributed by atoms with Crippen molar-refractivity contribution in [1.29, 1.82) is 0 Å². The molecular formula is C22H26F2N4O4. The van der Waals surface area contributed by atoms with Crippen LogP contribution in [0.3, 0.4) is 0 Å². The second-order valence-electron chi connectivity index (χ2n) is 8.10. The second-order valence-corrected chi connectivity index (χ2v) is 8.10. The van der Waals surface area contributed by atoms with Crippen LogP contribution in [-0.4, -0.2) is 57.0 Å². The van der Waals surface area contributed by atoms with Crippen LogP contribution in [0, 0.1) is 6.92 Å². The summed E-state index contributed by atoms with van der Waals surface area (Å²) in [4.78, 5) is 35.4. The minimum absolute atomic E-state index is 0.0710. The summed E-state index contributed by atoms with van der Waals surface area (Å²) in [6, 6.07) is 2.92. The molecule has 10 heteroatoms. The lowest BCUT2D eigenvalue weighted by atomic mass is 10.1. The Labute approximate surface area is 184 Å². The van der Waals surface area contributed by atoms with E-state index < -0.39 is 30.6 Å². The Kier molecular flexibility index (Phi) is 6.73. The van der Waals surface area contributed by atoms with E-state index in [1.54, 1.807) is 30.9 Å². The third kappa shape index (κ3) is 5.18. The number of pyridine rings is 2. The van der Waals surface area contributed by atoms with Gasteiger partial charge in [-0.3, -0.25) is 14.6 Å². The highest BCUT2D eigenvalue weighted by Crippen LogP contribution is 2.33. The Morgan fingerprint density at radius 2 is 2.09 bits per heavy atom. The van der Waals surface area contributed by atoms with Gasteiger partial charge in [0.05, 0.1) is 12.1 Å². The number of aliphatic hydroxyl groups is 1. The predicted octanol–water partition coefficient (Wildman–Crippen LogP) is 2.65. The van der Waals surface area contributed by atoms with Gasteiger partial charge < -0.3 is 20.1 Å². The SMILES string of the molecule is Cc1cc(C(C)N2Cc3c(ccnc3C(=O)NC[C@@H](C)O)C2=O)cnc1OCC(C)(F)F. The lowest BCUT2D eigenvalue weighted by Gasteiger charge is -2.25. The summed E-state index contributed by atoms with van der Waals surface area (Å²) >= 11 is 0. The van der Waals surface area contributed by atoms with Crippen molar-refractivity contribution in [1.82, 2.24) is 20.2 Å². The van der Waals surface area contributed by atoms with Crippen LogP contribution in [0.15, 0.2) is 24.5 Å². The van der Waals surface area contributed by atoms with Crippen molar-refractivity contribution in [2.45, 2.75) is 52.3 Å². The largest absolute Gasteiger partial charge is 0.471 e. The number of aliphatic hydroxyl groups excluding tert-OH is 1. The molecule has 0 spiro atoms. The normalized spacial score (nSPS) is 15.3. The molecule has 172 valence electrons. The molecule has 0 bridgehead atoms. The summed E-state index contributed by atoms with van der Waals surface area (Å²) < 4.78 is 31.2. The molecule has 3 rings (SSSR count). The Morgan fingerprint density at radius 1 is 1.38 bits per heavy atom. The van der Waals surface area contributed by atoms with Crippen LogP contribution in [-0.2, 0) is 6.54 Å². The topological polar surface area (TPSA) is 105 Å². The molecule has 0 saturated heterocycles. The summed E-state index contributed by atoms with van der Waals surface area (Å²) in [7, 11) is 0. The number of aromatic nitrogens is 2. The molecule has 32 heavy (non-hydrogen) atoms. The van der Waals surface area contributed by atoms with Gasteiger partial charge in [-0.15, -0.1) is 0 Å². The molecule has 2 N–H and O–H groups in total. The molecule has 1 aliphatic rings. The Balaban J connectivity index is 1.79. The zero-order valence-corrected chi connectivity index (χ0v) is 18.4. The van der Waals surface area contributed by atoms with Crippen LogP contribution in [0.5, 0.6) is 5.88 Å². The van der Waals surface area contributed by atoms with Gasteiger partial charge >= 0.3 is 0 Å². The van der Waals surface area contributed by atoms with Crippen LogP contribution in [0.1, 0.15) is 64.3 Å². The van der Waals surface area contributed by atoms with E-state index in [4.69, 9.17) is 4.74 Å². The lowest BCUT2D eigenvalue weighted by molar-refractivity contribution is -0.0244. The van der Waals surface area contributed by atoms with E-state index in [1.807, 2.05) is 6.92 Å². The number of nitrogens with zero attached hydrogens (tertiary/aromatic N) is 3. The van der Waals surface area contributed by atoms with Crippen LogP contribution in [0.2, 0.25) is 0 Å². The van der Waals surface area contributed by atoms with Gasteiger partial charge in [-0.25, -0.2) is 13.8 Å². The summed E-state index contributed by atoms with van der Waals surface area (Å²) in [6.45, 7) is 5.31. The van der Waals surface area contributed by atoms with Gasteiger partial charge in [-0.2, -0.15) is 0 Å². The van der Waals surface area contributed by atoms with Gasteiger partial charge in [0, 0.05) is 49.1 Å². The smallest absolute Gasteiger partial charge is 0.278 e. The van der Waals surface area contributed by atoms with Crippen molar-refractivity contribution in [3.63, 3.8) is 0 Å². The number of carbonyl (C=O) groups excluding carboxylic acids is 2. The van der Waals surface area contributed by atoms with E-state index in [0.29, 0.717) is 22.3 Å². The van der Waals surface area contributed by atoms with Crippen LogP contribution >= 0.6 is 0 Å². The fourth-order valence-corrected chi connectivity index (χ4v) is 3.42. The molecule has 0 radical (unpaired) electrons. The average Bonchev–Trinajstić information content (AvgIpc) is 3.06. The second kappa shape index (κ2) is 9.15. The highest BCUT2D eigenvalue weighted by molar-refractivity contribution is 6.03. The summed E-state index contributed by atoms with van der Waals surface area (Å²) in [5.74, 6) is -3.57. The third-order valence-electron chi connectivity index (χ3n) is 5.11. The van der Waals surface area contributed by atoms with E-state index in [2.05, 4.69) is 15.3 Å². The summed E-state index contributed by atoms with van der Waals surface area (Å²) in [5.41, 5.74) is 2.32. The summed E-state index contributed by atoms with van der Waals surface area (Å²) in [5, 5.41) is 12.0. The molecule has 0 aliphatic carbocycles. The fourth-order valence-electron chi connectivity index (χ4n) is 3.42. The zero-order valence-electron chi connectivity index (χ0n) is 18.4. The monoisotopic (exact) mass is 448 g/mol. The first-order valence-electron chi connectivity index (χ1n) is 10.2. The highest BCUT2D eigenvalue weighted by Gasteiger charge is 2.35. The molecule has 0 fully saturated rings. The molecule has 1 unspecified atom stereocenters. The number of carbonyl (C=O) groups is 2. The Bertz CT molecular complexity index is 1020. The van der Waals surface area contributed by atoms with E-state index in [-0.39, 0.29) is 30.6 Å². The minimum Gasteiger partial charge on any atom is -0.471 e. The molecule has 3 heterocycles. The molecule has 1 aliphatic heterocycles. The third-order valence-corrected chi connectivity index (χ3v) is 5.11. The number of nitrogens with one attached hydrogen (secondary N) is 1. The quantitative estimate of drug-likeness (QED) is 0.643. The molecule has 8 nitrogen and oxygen atoms in total. The van der Waals surface area contributed by atoms with Crippen molar-refractivity contribution >= 4 is 11.8 Å². The summed E-state index contributed by atoms with van der Waals surface area (Å²) in [6.07, 6.45) is 2.19. The maximum atomic E-state index is 13.1. The first-order valence-corrected chi connectivity index (χ1v) is 10.2. The van der Waals surface area contributed by atoms with Crippen LogP contribution in [0.25, 0.3) is 0 Å². The van der Waals surface area contributed by atoms with Crippen molar-refractivity contribution < 1.29 is 28.2 Å². The Hall–Kier alpha value is -3.14. The lowest BCUT2D eigenvalue weighted by Crippen LogP contribution is -2.32. The molecule has 2 amide bonds. The van der Waals surface area contributed by atoms with Crippen molar-refractivity contribution in [3.05, 3.63) is 52.5 Å². The number of ether oxygens (including phenoxy) is 1. The average molecular weight is 448 g/mol. The number of hydrogen-bond acceptors (Lipinski definition) is 6. The number of halogens is 2. The van der Waals surface area contributed by atoms with Crippen molar-refractivity contribution in [2.75, 3.05) is 13.2 Å². The molecule has 2 aromatic heterocycles. The molecule has 2 aromatic rings. The molecule has 0 saturated carbocycles. The van der Waals surface area contributed by atoms with E-state index in [1.165, 1.54) is 12.4 Å². The number of alkyl halides is 2. The first-order chi connectivity index (χ1) is 15.0. The number of amides is 2. The van der Waals surface area contributed by atoms with Gasteiger partial charge in [0.15, 0.2) is 6.61 Å². The first kappa shape index (κ1) is 23.5. The Morgan fingerprint density at radius 3 is 2.72 bits per heavy atom. The van der Waals surface area contributed by atoms with Gasteiger partial charge in [0.1, 0.15) is 5.69 Å². The zero-order chi connectivity index (χ0) is 23.6. The number of hydrogen-bond donors (Lipinski definition) is 2. The fraction of sp³-hybridized carbons (Fsp3) is 0.455. The number of fused-ring (bicyclic) bond motifs is 1. The minimum atomic E-state index is -2.97. The van der Waals surface area contributed by atoms with E-state index in [0.717, 1.165) is 6.92 Å². The maximum absolute atomic E-state index is 13.1. The van der Waals surface area contributed by atoms with Crippen molar-refractivity contribution in [3.8, 4) is 5.88 Å². The number of aryl methyl sites for hydroxylation is 1. The predicted molar refractivity (Wildman–Crippen MR) is 112 cm³/mol. The van der Waals surface area contributed by atoms with Crippen LogP contribution < -0.4 is 10.1 Å². The standard InChI is InChI=1S/C22H26F2N4O4/c1-12-7-15(9-27-20(12)32-11-22(4,23)24)14(3)28-10-17-16(21(28)31)5-6-25-18(17)19(30)26-8-13(2)29/h5-7,9,13-14,29H,8,10-11H2,1-4H3,(H,26,30)/t13-,14?/m1/s1. The molecule has 0 aromatic carbocycles. The van der Waals surface area contributed by atoms with Gasteiger partial charge in [0.2, 0.25) is 5.88 Å². The molecule has 2 atom stereocenters. The van der Waals surface area contributed by atoms with Gasteiger partial charge in [-0.1, -0.05) is 0 Å². The maximum Gasteiger partial charge on any atom is 0.278 e. The molecular weight excluding hydrogens is 422 g/mol. The van der Waals surface area contributed by atoms with E-state index in [9.17, 15) is 23.5 Å². The van der Waals surface area contributed by atoms with Crippen LogP contribution in [0.4, 0.5) is 8.78 Å². The van der Waals surface area contributed by atoms with Crippen molar-refractivity contribution in [2.24, 2.45) is 0 Å². The van der Waals surface area contributed by atoms with Gasteiger partial charge in [0.25, 0.3) is 17.7 Å². The van der Waals surface area contributed by atoms with E-state index >= 15 is 0 Å². The highest BCUT2D eigenvalue weighted by atomic mass is 19.3.